The van der Waals surface area contributed by atoms with E-state index < -0.39 is 283 Å². The minimum atomic E-state index is -2.60. The van der Waals surface area contributed by atoms with Crippen molar-refractivity contribution in [3.63, 3.8) is 0 Å². The highest BCUT2D eigenvalue weighted by Gasteiger charge is 2.61. The van der Waals surface area contributed by atoms with Gasteiger partial charge in [-0.1, -0.05) is 0 Å². The van der Waals surface area contributed by atoms with Gasteiger partial charge in [-0.05, 0) is 0 Å². The van der Waals surface area contributed by atoms with Crippen LogP contribution in [0.25, 0.3) is 0 Å². The third-order valence-electron chi connectivity index (χ3n) is 16.1. The van der Waals surface area contributed by atoms with Crippen molar-refractivity contribution in [1.29, 1.82) is 0 Å². The van der Waals surface area contributed by atoms with Crippen molar-refractivity contribution in [1.82, 2.24) is 21.3 Å². The lowest BCUT2D eigenvalue weighted by Crippen LogP contribution is -2.71. The minimum Gasteiger partial charge on any atom is -0.479 e. The molecule has 0 spiro atoms. The number of carbonyl (C=O) groups is 7. The number of amides is 4. The molecule has 532 valence electrons. The van der Waals surface area contributed by atoms with Crippen molar-refractivity contribution in [2.45, 2.75) is 242 Å². The van der Waals surface area contributed by atoms with Crippen LogP contribution in [0.4, 0.5) is 0 Å². The Bertz CT molecular complexity index is 2570. The molecule has 7 saturated heterocycles. The number of hydrogen-bond acceptors (Lipinski definition) is 36. The summed E-state index contributed by atoms with van der Waals surface area (Å²) < 4.78 is 73.2. The van der Waals surface area contributed by atoms with Gasteiger partial charge in [0, 0.05) is 27.7 Å². The fourth-order valence-corrected chi connectivity index (χ4v) is 11.5. The van der Waals surface area contributed by atoms with Gasteiger partial charge in [0.1, 0.15) is 152 Å². The first-order chi connectivity index (χ1) is 43.7. The fraction of sp³-hybridized carbons (Fsp3) is 0.860. The van der Waals surface area contributed by atoms with E-state index in [1.165, 1.54) is 0 Å². The highest BCUT2D eigenvalue weighted by molar-refractivity contribution is 5.76. The van der Waals surface area contributed by atoms with Crippen LogP contribution in [0, 0.1) is 0 Å². The van der Waals surface area contributed by atoms with Crippen LogP contribution in [0.3, 0.4) is 0 Å². The molecule has 93 heavy (non-hydrogen) atoms. The molecule has 0 radical (unpaired) electrons. The van der Waals surface area contributed by atoms with E-state index in [1.807, 2.05) is 0 Å². The Balaban J connectivity index is 1.11. The first-order valence-corrected chi connectivity index (χ1v) is 28.6. The van der Waals surface area contributed by atoms with E-state index in [2.05, 4.69) is 21.3 Å². The zero-order valence-electron chi connectivity index (χ0n) is 49.2. The van der Waals surface area contributed by atoms with E-state index in [9.17, 15) is 131 Å². The fourth-order valence-electron chi connectivity index (χ4n) is 11.5. The van der Waals surface area contributed by atoms with E-state index in [4.69, 9.17) is 61.6 Å². The lowest BCUT2D eigenvalue weighted by Gasteiger charge is -2.50. The van der Waals surface area contributed by atoms with E-state index >= 15 is 0 Å². The van der Waals surface area contributed by atoms with Gasteiger partial charge in [-0.2, -0.15) is 0 Å². The molecule has 43 heteroatoms. The molecule has 0 aromatic rings. The number of aliphatic hydroxyl groups is 16. The average molecular weight is 1360 g/mol. The maximum atomic E-state index is 13.1. The summed E-state index contributed by atoms with van der Waals surface area (Å²) in [6.45, 7) is -0.590. The van der Waals surface area contributed by atoms with Crippen molar-refractivity contribution in [3.05, 3.63) is 0 Å². The number of aliphatic carboxylic acids is 3. The first-order valence-electron chi connectivity index (χ1n) is 28.6. The van der Waals surface area contributed by atoms with Crippen molar-refractivity contribution < 1.29 is 192 Å². The van der Waals surface area contributed by atoms with Crippen LogP contribution < -0.4 is 21.3 Å². The summed E-state index contributed by atoms with van der Waals surface area (Å²) >= 11 is 0. The van der Waals surface area contributed by atoms with Crippen molar-refractivity contribution in [3.8, 4) is 0 Å². The van der Waals surface area contributed by atoms with Crippen LogP contribution in [0.15, 0.2) is 0 Å². The molecule has 0 aromatic heterocycles. The lowest BCUT2D eigenvalue weighted by atomic mass is 9.93. The van der Waals surface area contributed by atoms with Gasteiger partial charge in [-0.15, -0.1) is 0 Å². The summed E-state index contributed by atoms with van der Waals surface area (Å²) in [7, 11) is 0. The van der Waals surface area contributed by atoms with Gasteiger partial charge in [-0.25, -0.2) is 14.4 Å². The van der Waals surface area contributed by atoms with Crippen LogP contribution in [0.2, 0.25) is 0 Å². The number of carboxylic acids is 3. The molecule has 0 aliphatic carbocycles. The van der Waals surface area contributed by atoms with Crippen LogP contribution in [0.1, 0.15) is 27.7 Å². The highest BCUT2D eigenvalue weighted by atomic mass is 16.8. The van der Waals surface area contributed by atoms with Crippen molar-refractivity contribution in [2.24, 2.45) is 0 Å². The first kappa shape index (κ1) is 75.5. The number of carbonyl (C=O) groups excluding carboxylic acids is 4. The molecule has 7 rings (SSSR count). The minimum absolute atomic E-state index is 0.821. The smallest absolute Gasteiger partial charge is 0.335 e. The Morgan fingerprint density at radius 1 is 0.290 bits per heavy atom. The largest absolute Gasteiger partial charge is 0.479 e. The van der Waals surface area contributed by atoms with Gasteiger partial charge in [0.05, 0.1) is 26.4 Å². The summed E-state index contributed by atoms with van der Waals surface area (Å²) in [4.78, 5) is 88.5. The third-order valence-corrected chi connectivity index (χ3v) is 16.1. The molecule has 7 aliphatic heterocycles. The van der Waals surface area contributed by atoms with Gasteiger partial charge >= 0.3 is 17.9 Å². The Kier molecular flexibility index (Phi) is 26.0. The van der Waals surface area contributed by atoms with Gasteiger partial charge in [0.2, 0.25) is 23.6 Å². The molecule has 43 nitrogen and oxygen atoms in total. The molecule has 0 saturated carbocycles. The lowest BCUT2D eigenvalue weighted by molar-refractivity contribution is -0.379. The molecular formula is C50H78N4O39. The molecule has 7 heterocycles. The monoisotopic (exact) mass is 1360 g/mol. The SMILES string of the molecule is CC(=O)N[C@@H]1[C@@H](O[C@@H]2O[C@H](C(=O)O)[C@@H](O[C@@H]3O[C@H](CO)[C@H](O)[C@H](O[C@@H]4O[C@H](C(=O)O)[C@@H](O[C@@H]5O[C@H](CO)[C@H](O)[C@H](O[C@@H]6O[C@H](C(=O)O)[C@@H](O[C@@H]7O[C@H](CO)[C@H](O)[C@H](O)[C@H]7NC(C)=O)[C@H](O)[C@H]6O)[C@H]5NC(C)=O)[C@H](O)[C@H]4O)[C@H]3NC(C)=O)[C@H](O)[C@H]2O)[C@@H](O)[C@@H](CO)O[C@H]1O. The van der Waals surface area contributed by atoms with Crippen molar-refractivity contribution >= 4 is 41.5 Å². The molecule has 0 aromatic carbocycles. The summed E-state index contributed by atoms with van der Waals surface area (Å²) in [5.74, 6) is -9.72. The van der Waals surface area contributed by atoms with Gasteiger partial charge < -0.3 is 180 Å². The maximum absolute atomic E-state index is 13.1. The third kappa shape index (κ3) is 16.6. The van der Waals surface area contributed by atoms with Crippen LogP contribution in [-0.2, 0) is 95.1 Å². The quantitative estimate of drug-likeness (QED) is 0.0452. The Morgan fingerprint density at radius 2 is 0.538 bits per heavy atom. The summed E-state index contributed by atoms with van der Waals surface area (Å²) in [6, 6.07) is -7.50. The van der Waals surface area contributed by atoms with E-state index in [0.717, 1.165) is 27.7 Å². The number of aliphatic hydroxyl groups excluding tert-OH is 16. The molecule has 7 fully saturated rings. The molecule has 4 amide bonds. The standard InChI is InChI=1S/C50H78N4O39/c1-9(59)51-17-25(67)21(63)13(5-55)82-45(17)88-35-26(68)30(72)49(92-38(35)41(74)75)86-33-19(53-11(3)61)47(84-15(7-57)23(33)65)90-37-28(70)31(73)50(93-40(37)43(78)79)87-34-20(54-12(4)62)46(83-16(8-58)24(34)66)89-36-27(69)29(71)48(91-39(36)42(76)77)85-32-18(52-10(2)60)44(80)81-14(6-56)22(32)64/h13-40,44-50,55-58,63-73,80H,5-8H2,1-4H3,(H,51,59)(H,52,60)(H,53,61)(H,54,62)(H,74,75)(H,76,77)(H,78,79)/t13-,14-,15-,16-,17-,18-,19-,20-,21+,22+,23+,24+,25-,26-,27-,28-,29-,30-,31-,32-,33-,34-,35+,36+,37+,38+,39+,40+,44-,45+,46+,47+,48-,49-,50-/m1/s1. The van der Waals surface area contributed by atoms with Crippen LogP contribution >= 0.6 is 0 Å². The highest BCUT2D eigenvalue weighted by Crippen LogP contribution is 2.38. The average Bonchev–Trinajstić information content (AvgIpc) is 1.24. The second-order valence-electron chi connectivity index (χ2n) is 22.6. The number of ether oxygens (including phenoxy) is 13. The molecule has 0 unspecified atom stereocenters. The Labute approximate surface area is 522 Å². The van der Waals surface area contributed by atoms with Crippen LogP contribution in [-0.4, -0.2) is 380 Å². The predicted octanol–water partition coefficient (Wildman–Crippen LogP) is -15.4. The van der Waals surface area contributed by atoms with Gasteiger partial charge in [0.15, 0.2) is 62.3 Å². The molecule has 23 N–H and O–H groups in total. The predicted molar refractivity (Wildman–Crippen MR) is 280 cm³/mol. The van der Waals surface area contributed by atoms with Gasteiger partial charge in [-0.3, -0.25) is 19.2 Å². The Morgan fingerprint density at radius 3 is 0.828 bits per heavy atom. The van der Waals surface area contributed by atoms with E-state index in [-0.39, 0.29) is 0 Å². The summed E-state index contributed by atoms with van der Waals surface area (Å²) in [5.41, 5.74) is 0. The molecule has 7 aliphatic rings. The summed E-state index contributed by atoms with van der Waals surface area (Å²) in [5, 5.41) is 216. The van der Waals surface area contributed by atoms with Crippen molar-refractivity contribution in [2.75, 3.05) is 26.4 Å². The number of hydrogen-bond donors (Lipinski definition) is 23. The summed E-state index contributed by atoms with van der Waals surface area (Å²) in [6.07, 6.45) is -68.6. The topological polar surface area (TPSA) is 672 Å². The number of rotatable bonds is 23. The second-order valence-corrected chi connectivity index (χ2v) is 22.6. The number of nitrogens with one attached hydrogen (secondary N) is 4. The Hall–Kier alpha value is -4.87. The van der Waals surface area contributed by atoms with Gasteiger partial charge in [0.25, 0.3) is 0 Å². The normalized spacial score (nSPS) is 46.3. The van der Waals surface area contributed by atoms with E-state index in [0.29, 0.717) is 0 Å². The maximum Gasteiger partial charge on any atom is 0.335 e. The van der Waals surface area contributed by atoms with Crippen LogP contribution in [0.5, 0.6) is 0 Å². The molecule has 35 atom stereocenters. The second kappa shape index (κ2) is 32.0. The molecule has 0 bridgehead atoms. The van der Waals surface area contributed by atoms with E-state index in [1.54, 1.807) is 0 Å². The zero-order valence-corrected chi connectivity index (χ0v) is 49.2. The molecular weight excluding hydrogens is 1280 g/mol. The zero-order chi connectivity index (χ0) is 69.1. The number of carboxylic acid groups (broad SMARTS) is 3.